The molecule has 0 saturated heterocycles. The minimum Gasteiger partial charge on any atom is -0.392 e. The summed E-state index contributed by atoms with van der Waals surface area (Å²) in [6.07, 6.45) is 3.33. The molecule has 1 heteroatoms. The SMILES string of the molecule is Cc1c(CO)c(-c2cccc3ccccc23)c2c(c1-c1cccc3ccccc13)CCC2. The van der Waals surface area contributed by atoms with Crippen LogP contribution in [-0.2, 0) is 19.4 Å². The zero-order chi connectivity index (χ0) is 21.7. The fourth-order valence-electron chi connectivity index (χ4n) is 5.82. The van der Waals surface area contributed by atoms with Crippen LogP contribution in [0.5, 0.6) is 0 Å². The van der Waals surface area contributed by atoms with E-state index in [-0.39, 0.29) is 6.61 Å². The fourth-order valence-corrected chi connectivity index (χ4v) is 5.82. The highest BCUT2D eigenvalue weighted by Crippen LogP contribution is 2.46. The lowest BCUT2D eigenvalue weighted by Gasteiger charge is -2.23. The minimum absolute atomic E-state index is 0.0510. The van der Waals surface area contributed by atoms with Crippen LogP contribution in [0.2, 0.25) is 0 Å². The molecular formula is C31H26O. The normalized spacial score (nSPS) is 13.1. The number of hydrogen-bond acceptors (Lipinski definition) is 1. The zero-order valence-corrected chi connectivity index (χ0v) is 18.4. The van der Waals surface area contributed by atoms with Gasteiger partial charge < -0.3 is 5.11 Å². The van der Waals surface area contributed by atoms with Crippen LogP contribution in [0.15, 0.2) is 84.9 Å². The Labute approximate surface area is 189 Å². The Morgan fingerprint density at radius 3 is 1.72 bits per heavy atom. The number of hydrogen-bond donors (Lipinski definition) is 1. The van der Waals surface area contributed by atoms with Crippen molar-refractivity contribution in [2.75, 3.05) is 0 Å². The first kappa shape index (κ1) is 19.3. The first-order valence-corrected chi connectivity index (χ1v) is 11.5. The lowest BCUT2D eigenvalue weighted by molar-refractivity contribution is 0.281. The topological polar surface area (TPSA) is 20.2 Å². The van der Waals surface area contributed by atoms with Gasteiger partial charge in [0, 0.05) is 0 Å². The maximum absolute atomic E-state index is 10.6. The molecule has 1 N–H and O–H groups in total. The second kappa shape index (κ2) is 7.62. The summed E-state index contributed by atoms with van der Waals surface area (Å²) in [6.45, 7) is 2.26. The molecule has 0 unspecified atom stereocenters. The highest BCUT2D eigenvalue weighted by atomic mass is 16.3. The maximum Gasteiger partial charge on any atom is 0.0690 e. The highest BCUT2D eigenvalue weighted by Gasteiger charge is 2.27. The summed E-state index contributed by atoms with van der Waals surface area (Å²) in [4.78, 5) is 0. The molecule has 0 atom stereocenters. The molecule has 0 aliphatic heterocycles. The van der Waals surface area contributed by atoms with E-state index in [2.05, 4.69) is 91.9 Å². The predicted molar refractivity (Wildman–Crippen MR) is 135 cm³/mol. The Hall–Kier alpha value is -3.42. The van der Waals surface area contributed by atoms with Crippen LogP contribution in [0.25, 0.3) is 43.8 Å². The summed E-state index contributed by atoms with van der Waals surface area (Å²) in [5.74, 6) is 0. The van der Waals surface area contributed by atoms with Crippen molar-refractivity contribution in [2.45, 2.75) is 32.8 Å². The van der Waals surface area contributed by atoms with Crippen molar-refractivity contribution in [1.82, 2.24) is 0 Å². The first-order chi connectivity index (χ1) is 15.8. The van der Waals surface area contributed by atoms with Crippen LogP contribution in [-0.4, -0.2) is 5.11 Å². The minimum atomic E-state index is 0.0510. The van der Waals surface area contributed by atoms with Crippen molar-refractivity contribution in [3.8, 4) is 22.3 Å². The first-order valence-electron chi connectivity index (χ1n) is 11.5. The van der Waals surface area contributed by atoms with E-state index in [1.54, 1.807) is 0 Å². The largest absolute Gasteiger partial charge is 0.392 e. The standard InChI is InChI=1S/C31H26O/c1-20-29(19-32)31(26-16-7-12-22-10-3-5-14-24(22)26)28-18-8-17-27(28)30(20)25-15-6-11-21-9-2-4-13-23(21)25/h2-7,9-16,32H,8,17-19H2,1H3. The summed E-state index contributed by atoms with van der Waals surface area (Å²) < 4.78 is 0. The molecule has 5 aromatic rings. The molecule has 6 rings (SSSR count). The van der Waals surface area contributed by atoms with E-state index >= 15 is 0 Å². The Kier molecular flexibility index (Phi) is 4.59. The number of benzene rings is 5. The third kappa shape index (κ3) is 2.82. The lowest BCUT2D eigenvalue weighted by atomic mass is 9.81. The molecule has 0 saturated carbocycles. The Bertz CT molecular complexity index is 1480. The van der Waals surface area contributed by atoms with Crippen LogP contribution in [0.4, 0.5) is 0 Å². The molecule has 0 fully saturated rings. The third-order valence-corrected chi connectivity index (χ3v) is 7.23. The molecule has 0 heterocycles. The number of aliphatic hydroxyl groups is 1. The van der Waals surface area contributed by atoms with Crippen LogP contribution in [0, 0.1) is 6.92 Å². The van der Waals surface area contributed by atoms with Gasteiger partial charge in [0.25, 0.3) is 0 Å². The quantitative estimate of drug-likeness (QED) is 0.322. The van der Waals surface area contributed by atoms with Crippen molar-refractivity contribution in [1.29, 1.82) is 0 Å². The molecule has 0 spiro atoms. The second-order valence-electron chi connectivity index (χ2n) is 8.88. The molecule has 0 bridgehead atoms. The molecule has 0 amide bonds. The van der Waals surface area contributed by atoms with Crippen LogP contribution >= 0.6 is 0 Å². The lowest BCUT2D eigenvalue weighted by Crippen LogP contribution is -2.04. The maximum atomic E-state index is 10.6. The molecule has 1 nitrogen and oxygen atoms in total. The van der Waals surface area contributed by atoms with Crippen molar-refractivity contribution < 1.29 is 5.11 Å². The monoisotopic (exact) mass is 414 g/mol. The molecule has 1 aliphatic rings. The van der Waals surface area contributed by atoms with Gasteiger partial charge in [-0.25, -0.2) is 0 Å². The zero-order valence-electron chi connectivity index (χ0n) is 18.4. The van der Waals surface area contributed by atoms with Gasteiger partial charge in [0.1, 0.15) is 0 Å². The molecule has 156 valence electrons. The van der Waals surface area contributed by atoms with Crippen molar-refractivity contribution in [2.24, 2.45) is 0 Å². The molecule has 5 aromatic carbocycles. The van der Waals surface area contributed by atoms with Crippen molar-refractivity contribution >= 4 is 21.5 Å². The van der Waals surface area contributed by atoms with Gasteiger partial charge in [0.15, 0.2) is 0 Å². The predicted octanol–water partition coefficient (Wildman–Crippen LogP) is 7.62. The Balaban J connectivity index is 1.72. The van der Waals surface area contributed by atoms with Crippen molar-refractivity contribution in [3.05, 3.63) is 107 Å². The molecule has 32 heavy (non-hydrogen) atoms. The fraction of sp³-hybridized carbons (Fsp3) is 0.161. The van der Waals surface area contributed by atoms with E-state index < -0.39 is 0 Å². The van der Waals surface area contributed by atoms with Gasteiger partial charge in [0.2, 0.25) is 0 Å². The number of rotatable bonds is 3. The average molecular weight is 415 g/mol. The van der Waals surface area contributed by atoms with Crippen LogP contribution in [0.1, 0.15) is 28.7 Å². The Morgan fingerprint density at radius 2 is 1.12 bits per heavy atom. The highest BCUT2D eigenvalue weighted by molar-refractivity contribution is 6.02. The van der Waals surface area contributed by atoms with Crippen LogP contribution < -0.4 is 0 Å². The van der Waals surface area contributed by atoms with Gasteiger partial charge >= 0.3 is 0 Å². The van der Waals surface area contributed by atoms with Crippen molar-refractivity contribution in [3.63, 3.8) is 0 Å². The van der Waals surface area contributed by atoms with E-state index in [4.69, 9.17) is 0 Å². The van der Waals surface area contributed by atoms with Gasteiger partial charge in [-0.1, -0.05) is 84.9 Å². The number of fused-ring (bicyclic) bond motifs is 3. The Morgan fingerprint density at radius 1 is 0.625 bits per heavy atom. The molecule has 1 aliphatic carbocycles. The summed E-state index contributed by atoms with van der Waals surface area (Å²) in [6, 6.07) is 30.4. The van der Waals surface area contributed by atoms with Gasteiger partial charge in [0.05, 0.1) is 6.61 Å². The van der Waals surface area contributed by atoms with E-state index in [1.807, 2.05) is 0 Å². The summed E-state index contributed by atoms with van der Waals surface area (Å²) >= 11 is 0. The number of aliphatic hydroxyl groups excluding tert-OH is 1. The molecule has 0 aromatic heterocycles. The molecule has 0 radical (unpaired) electrons. The van der Waals surface area contributed by atoms with Gasteiger partial charge in [-0.05, 0) is 92.2 Å². The average Bonchev–Trinajstić information content (AvgIpc) is 3.32. The summed E-state index contributed by atoms with van der Waals surface area (Å²) in [5.41, 5.74) is 10.3. The van der Waals surface area contributed by atoms with Crippen LogP contribution in [0.3, 0.4) is 0 Å². The van der Waals surface area contributed by atoms with E-state index in [0.717, 1.165) is 18.4 Å². The van der Waals surface area contributed by atoms with E-state index in [1.165, 1.54) is 66.9 Å². The van der Waals surface area contributed by atoms with E-state index in [0.29, 0.717) is 0 Å². The van der Waals surface area contributed by atoms with Gasteiger partial charge in [-0.2, -0.15) is 0 Å². The van der Waals surface area contributed by atoms with Gasteiger partial charge in [-0.3, -0.25) is 0 Å². The molecular weight excluding hydrogens is 388 g/mol. The van der Waals surface area contributed by atoms with E-state index in [9.17, 15) is 5.11 Å². The smallest absolute Gasteiger partial charge is 0.0690 e. The summed E-state index contributed by atoms with van der Waals surface area (Å²) in [5, 5.41) is 15.7. The summed E-state index contributed by atoms with van der Waals surface area (Å²) in [7, 11) is 0. The third-order valence-electron chi connectivity index (χ3n) is 7.23. The second-order valence-corrected chi connectivity index (χ2v) is 8.88. The van der Waals surface area contributed by atoms with Gasteiger partial charge in [-0.15, -0.1) is 0 Å².